The van der Waals surface area contributed by atoms with Crippen LogP contribution in [0.5, 0.6) is 0 Å². The van der Waals surface area contributed by atoms with Crippen molar-refractivity contribution in [3.05, 3.63) is 60.9 Å². The van der Waals surface area contributed by atoms with Gasteiger partial charge in [-0.05, 0) is 67.8 Å². The van der Waals surface area contributed by atoms with E-state index in [1.54, 1.807) is 0 Å². The first-order valence-corrected chi connectivity index (χ1v) is 13.9. The van der Waals surface area contributed by atoms with Crippen molar-refractivity contribution in [2.24, 2.45) is 24.3 Å². The van der Waals surface area contributed by atoms with Gasteiger partial charge in [0.05, 0.1) is 26.5 Å². The van der Waals surface area contributed by atoms with Crippen LogP contribution in [-0.2, 0) is 18.9 Å². The zero-order chi connectivity index (χ0) is 23.8. The summed E-state index contributed by atoms with van der Waals surface area (Å²) < 4.78 is 3.84. The Kier molecular flexibility index (Phi) is 8.65. The van der Waals surface area contributed by atoms with Gasteiger partial charge in [0, 0.05) is 39.6 Å². The standard InChI is InChI=1S/C25H30N6OS2/c1-30-16-17-31(2)25(30)29-28-22-13-11-20(12-14-22)26-19-7-9-21(10-8-19)27-24(32)6-4-3-5-23-15-18-33-34-23/h7-14,16-17,23H,3-6,15,18H2,1-2H3,(H,27,28,32)/p+1. The molecule has 0 spiro atoms. The van der Waals surface area contributed by atoms with Gasteiger partial charge in [0.2, 0.25) is 5.91 Å². The Morgan fingerprint density at radius 2 is 1.76 bits per heavy atom. The van der Waals surface area contributed by atoms with E-state index in [4.69, 9.17) is 0 Å². The van der Waals surface area contributed by atoms with Gasteiger partial charge in [0.15, 0.2) is 0 Å². The Morgan fingerprint density at radius 1 is 1.06 bits per heavy atom. The summed E-state index contributed by atoms with van der Waals surface area (Å²) in [5.74, 6) is 2.13. The number of nitrogens with one attached hydrogen (secondary N) is 2. The molecule has 2 aromatic carbocycles. The Labute approximate surface area is 208 Å². The summed E-state index contributed by atoms with van der Waals surface area (Å²) in [5, 5.41) is 15.8. The normalized spacial score (nSPS) is 15.6. The van der Waals surface area contributed by atoms with Crippen molar-refractivity contribution in [2.45, 2.75) is 37.4 Å². The van der Waals surface area contributed by atoms with Gasteiger partial charge in [-0.1, -0.05) is 33.1 Å². The van der Waals surface area contributed by atoms with Crippen LogP contribution in [0.25, 0.3) is 0 Å². The Balaban J connectivity index is 1.22. The fraction of sp³-hybridized carbons (Fsp3) is 0.360. The monoisotopic (exact) mass is 495 g/mol. The molecule has 1 atom stereocenters. The molecule has 34 heavy (non-hydrogen) atoms. The highest BCUT2D eigenvalue weighted by Crippen LogP contribution is 2.39. The lowest BCUT2D eigenvalue weighted by molar-refractivity contribution is -0.657. The van der Waals surface area contributed by atoms with Gasteiger partial charge in [-0.3, -0.25) is 4.79 Å². The molecule has 1 unspecified atom stereocenters. The lowest BCUT2D eigenvalue weighted by Gasteiger charge is -2.09. The van der Waals surface area contributed by atoms with Crippen molar-refractivity contribution in [1.29, 1.82) is 0 Å². The molecule has 0 aliphatic carbocycles. The third kappa shape index (κ3) is 7.11. The average molecular weight is 496 g/mol. The fourth-order valence-electron chi connectivity index (χ4n) is 3.69. The number of anilines is 3. The second kappa shape index (κ2) is 12.1. The van der Waals surface area contributed by atoms with Gasteiger partial charge in [-0.25, -0.2) is 9.13 Å². The van der Waals surface area contributed by atoms with E-state index < -0.39 is 0 Å². The van der Waals surface area contributed by atoms with E-state index in [-0.39, 0.29) is 5.91 Å². The molecular formula is C25H31N6OS2+. The van der Waals surface area contributed by atoms with E-state index in [0.29, 0.717) is 6.42 Å². The summed E-state index contributed by atoms with van der Waals surface area (Å²) in [6.45, 7) is 0. The predicted octanol–water partition coefficient (Wildman–Crippen LogP) is 6.66. The molecule has 7 nitrogen and oxygen atoms in total. The van der Waals surface area contributed by atoms with Crippen LogP contribution >= 0.6 is 21.6 Å². The van der Waals surface area contributed by atoms with E-state index in [9.17, 15) is 4.79 Å². The van der Waals surface area contributed by atoms with Crippen LogP contribution in [0, 0.1) is 0 Å². The van der Waals surface area contributed by atoms with Gasteiger partial charge >= 0.3 is 5.95 Å². The maximum atomic E-state index is 12.2. The van der Waals surface area contributed by atoms with Gasteiger partial charge in [-0.2, -0.15) is 0 Å². The average Bonchev–Trinajstić information content (AvgIpc) is 3.47. The second-order valence-corrected chi connectivity index (χ2v) is 11.2. The lowest BCUT2D eigenvalue weighted by atomic mass is 10.1. The van der Waals surface area contributed by atoms with Crippen molar-refractivity contribution in [2.75, 3.05) is 16.4 Å². The first-order chi connectivity index (χ1) is 16.6. The SMILES string of the molecule is Cn1cc[n+](C)c1/N=N/c1ccc(Nc2ccc(NC(=O)CCCCC3CCSS3)cc2)cc1. The zero-order valence-electron chi connectivity index (χ0n) is 19.6. The topological polar surface area (TPSA) is 74.7 Å². The summed E-state index contributed by atoms with van der Waals surface area (Å²) >= 11 is 0. The highest BCUT2D eigenvalue weighted by molar-refractivity contribution is 8.77. The number of carbonyl (C=O) groups is 1. The number of rotatable bonds is 10. The molecule has 2 N–H and O–H groups in total. The number of hydrogen-bond donors (Lipinski definition) is 2. The maximum absolute atomic E-state index is 12.2. The Morgan fingerprint density at radius 3 is 2.41 bits per heavy atom. The number of carbonyl (C=O) groups excluding carboxylic acids is 1. The Bertz CT molecular complexity index is 1090. The molecule has 1 saturated heterocycles. The van der Waals surface area contributed by atoms with Crippen LogP contribution in [0.4, 0.5) is 28.7 Å². The minimum absolute atomic E-state index is 0.0860. The molecule has 1 aromatic heterocycles. The van der Waals surface area contributed by atoms with Gasteiger partial charge < -0.3 is 10.6 Å². The highest BCUT2D eigenvalue weighted by atomic mass is 33.1. The van der Waals surface area contributed by atoms with Crippen LogP contribution in [-0.4, -0.2) is 21.5 Å². The number of benzene rings is 2. The number of aromatic nitrogens is 2. The van der Waals surface area contributed by atoms with Crippen molar-refractivity contribution in [1.82, 2.24) is 4.57 Å². The van der Waals surface area contributed by atoms with Crippen LogP contribution in [0.15, 0.2) is 71.2 Å². The maximum Gasteiger partial charge on any atom is 0.421 e. The van der Waals surface area contributed by atoms with E-state index in [2.05, 4.69) is 20.9 Å². The molecule has 1 aliphatic rings. The molecule has 1 fully saturated rings. The molecule has 0 saturated carbocycles. The molecule has 0 radical (unpaired) electrons. The number of hydrogen-bond acceptors (Lipinski definition) is 6. The minimum atomic E-state index is 0.0860. The third-order valence-corrected chi connectivity index (χ3v) is 8.64. The largest absolute Gasteiger partial charge is 0.421 e. The molecule has 4 rings (SSSR count). The summed E-state index contributed by atoms with van der Waals surface area (Å²) in [6.07, 6.45) is 9.07. The molecule has 0 bridgehead atoms. The molecular weight excluding hydrogens is 464 g/mol. The van der Waals surface area contributed by atoms with Gasteiger partial charge in [0.1, 0.15) is 5.69 Å². The summed E-state index contributed by atoms with van der Waals surface area (Å²) in [4.78, 5) is 12.2. The van der Waals surface area contributed by atoms with Crippen molar-refractivity contribution < 1.29 is 9.36 Å². The van der Waals surface area contributed by atoms with Crippen molar-refractivity contribution in [3.8, 4) is 0 Å². The molecule has 1 amide bonds. The number of nitrogens with zero attached hydrogens (tertiary/aromatic N) is 4. The van der Waals surface area contributed by atoms with Crippen LogP contribution in [0.1, 0.15) is 32.1 Å². The number of unbranched alkanes of at least 4 members (excludes halogenated alkanes) is 1. The third-order valence-electron chi connectivity index (χ3n) is 5.63. The Hall–Kier alpha value is -2.78. The fourth-order valence-corrected chi connectivity index (χ4v) is 6.71. The minimum Gasteiger partial charge on any atom is -0.356 e. The van der Waals surface area contributed by atoms with E-state index in [0.717, 1.165) is 46.8 Å². The molecule has 3 aromatic rings. The first kappa shape index (κ1) is 24.3. The molecule has 178 valence electrons. The smallest absolute Gasteiger partial charge is 0.356 e. The quantitative estimate of drug-likeness (QED) is 0.143. The number of azo groups is 1. The van der Waals surface area contributed by atoms with Crippen molar-refractivity contribution >= 4 is 56.2 Å². The predicted molar refractivity (Wildman–Crippen MR) is 142 cm³/mol. The summed E-state index contributed by atoms with van der Waals surface area (Å²) in [5.41, 5.74) is 3.52. The molecule has 9 heteroatoms. The lowest BCUT2D eigenvalue weighted by Crippen LogP contribution is -2.25. The van der Waals surface area contributed by atoms with Crippen molar-refractivity contribution in [3.63, 3.8) is 0 Å². The zero-order valence-corrected chi connectivity index (χ0v) is 21.2. The van der Waals surface area contributed by atoms with Gasteiger partial charge in [0.25, 0.3) is 0 Å². The molecule has 1 aliphatic heterocycles. The first-order valence-electron chi connectivity index (χ1n) is 11.5. The second-order valence-electron chi connectivity index (χ2n) is 8.39. The van der Waals surface area contributed by atoms with E-state index in [1.807, 2.05) is 106 Å². The number of amides is 1. The van der Waals surface area contributed by atoms with E-state index in [1.165, 1.54) is 18.6 Å². The van der Waals surface area contributed by atoms with Gasteiger partial charge in [-0.15, -0.1) is 0 Å². The number of aryl methyl sites for hydroxylation is 2. The van der Waals surface area contributed by atoms with Crippen LogP contribution in [0.3, 0.4) is 0 Å². The highest BCUT2D eigenvalue weighted by Gasteiger charge is 2.16. The summed E-state index contributed by atoms with van der Waals surface area (Å²) in [6, 6.07) is 15.6. The number of imidazole rings is 1. The van der Waals surface area contributed by atoms with Crippen LogP contribution in [0.2, 0.25) is 0 Å². The van der Waals surface area contributed by atoms with Crippen LogP contribution < -0.4 is 15.2 Å². The summed E-state index contributed by atoms with van der Waals surface area (Å²) in [7, 11) is 7.86. The van der Waals surface area contributed by atoms with E-state index >= 15 is 0 Å². The molecule has 2 heterocycles.